The normalized spacial score (nSPS) is 15.0. The van der Waals surface area contributed by atoms with Crippen molar-refractivity contribution in [2.75, 3.05) is 5.32 Å². The maximum atomic E-state index is 12.5. The highest BCUT2D eigenvalue weighted by molar-refractivity contribution is 6.05. The van der Waals surface area contributed by atoms with E-state index in [4.69, 9.17) is 9.47 Å². The van der Waals surface area contributed by atoms with Crippen molar-refractivity contribution < 1.29 is 19.1 Å². The number of anilines is 1. The number of hydrogen-bond donors (Lipinski definition) is 1. The van der Waals surface area contributed by atoms with Crippen LogP contribution in [-0.2, 0) is 9.59 Å². The first-order valence-corrected chi connectivity index (χ1v) is 7.96. The number of nitrogens with one attached hydrogen (secondary N) is 1. The van der Waals surface area contributed by atoms with Crippen molar-refractivity contribution in [1.82, 2.24) is 0 Å². The van der Waals surface area contributed by atoms with Crippen molar-refractivity contribution in [2.45, 2.75) is 27.7 Å². The Labute approximate surface area is 146 Å². The molecule has 5 heteroatoms. The standard InChI is InChI=1S/C20H19NO4/c1-11-9-12(2)18(13(3)10-11)25-19(22)14(4)17-20(23)24-16-8-6-5-7-15(16)21-17/h5-10,21H,1-4H3/b17-14-. The SMILES string of the molecule is C/C(C(=O)Oc1c(C)cc(C)cc1C)=C1/Nc2ccccc2OC1=O. The molecular weight excluding hydrogens is 318 g/mol. The van der Waals surface area contributed by atoms with E-state index < -0.39 is 11.9 Å². The van der Waals surface area contributed by atoms with E-state index in [2.05, 4.69) is 5.32 Å². The number of hydrogen-bond acceptors (Lipinski definition) is 5. The van der Waals surface area contributed by atoms with Gasteiger partial charge in [-0.2, -0.15) is 0 Å². The summed E-state index contributed by atoms with van der Waals surface area (Å²) in [7, 11) is 0. The predicted molar refractivity (Wildman–Crippen MR) is 94.7 cm³/mol. The number of benzene rings is 2. The third-order valence-corrected chi connectivity index (χ3v) is 4.03. The first-order chi connectivity index (χ1) is 11.9. The summed E-state index contributed by atoms with van der Waals surface area (Å²) in [5, 5.41) is 2.96. The highest BCUT2D eigenvalue weighted by Gasteiger charge is 2.27. The molecule has 0 spiro atoms. The Kier molecular flexibility index (Phi) is 4.31. The van der Waals surface area contributed by atoms with Crippen LogP contribution in [0.5, 0.6) is 11.5 Å². The van der Waals surface area contributed by atoms with E-state index in [1.165, 1.54) is 0 Å². The van der Waals surface area contributed by atoms with Crippen molar-refractivity contribution in [3.8, 4) is 11.5 Å². The molecule has 1 aliphatic heterocycles. The second-order valence-corrected chi connectivity index (χ2v) is 6.13. The molecule has 5 nitrogen and oxygen atoms in total. The average molecular weight is 337 g/mol. The van der Waals surface area contributed by atoms with Gasteiger partial charge in [0.25, 0.3) is 0 Å². The van der Waals surface area contributed by atoms with E-state index >= 15 is 0 Å². The van der Waals surface area contributed by atoms with Gasteiger partial charge in [0.05, 0.1) is 11.3 Å². The average Bonchev–Trinajstić information content (AvgIpc) is 2.56. The lowest BCUT2D eigenvalue weighted by atomic mass is 10.1. The minimum absolute atomic E-state index is 0.0890. The summed E-state index contributed by atoms with van der Waals surface area (Å²) >= 11 is 0. The Bertz CT molecular complexity index is 889. The molecule has 128 valence electrons. The third-order valence-electron chi connectivity index (χ3n) is 4.03. The zero-order chi connectivity index (χ0) is 18.1. The molecule has 0 amide bonds. The molecule has 0 atom stereocenters. The van der Waals surface area contributed by atoms with Gasteiger partial charge in [0.15, 0.2) is 5.75 Å². The van der Waals surface area contributed by atoms with Gasteiger partial charge in [-0.3, -0.25) is 0 Å². The summed E-state index contributed by atoms with van der Waals surface area (Å²) in [5.41, 5.74) is 3.72. The van der Waals surface area contributed by atoms with Crippen LogP contribution in [0.2, 0.25) is 0 Å². The molecule has 0 aliphatic carbocycles. The monoisotopic (exact) mass is 337 g/mol. The Hall–Kier alpha value is -3.08. The lowest BCUT2D eigenvalue weighted by Gasteiger charge is -2.21. The van der Waals surface area contributed by atoms with E-state index in [1.807, 2.05) is 39.0 Å². The van der Waals surface area contributed by atoms with E-state index in [1.54, 1.807) is 25.1 Å². The van der Waals surface area contributed by atoms with Gasteiger partial charge in [0.1, 0.15) is 11.4 Å². The maximum Gasteiger partial charge on any atom is 0.360 e. The number of aryl methyl sites for hydroxylation is 3. The Morgan fingerprint density at radius 3 is 2.40 bits per heavy atom. The second kappa shape index (κ2) is 6.43. The van der Waals surface area contributed by atoms with Crippen LogP contribution < -0.4 is 14.8 Å². The summed E-state index contributed by atoms with van der Waals surface area (Å²) < 4.78 is 10.8. The summed E-state index contributed by atoms with van der Waals surface area (Å²) in [6, 6.07) is 10.9. The zero-order valence-corrected chi connectivity index (χ0v) is 14.6. The van der Waals surface area contributed by atoms with Crippen molar-refractivity contribution >= 4 is 17.6 Å². The van der Waals surface area contributed by atoms with E-state index in [0.717, 1.165) is 16.7 Å². The molecule has 2 aromatic carbocycles. The van der Waals surface area contributed by atoms with Crippen LogP contribution in [0.4, 0.5) is 5.69 Å². The minimum atomic E-state index is -0.606. The molecule has 0 saturated heterocycles. The fraction of sp³-hybridized carbons (Fsp3) is 0.200. The van der Waals surface area contributed by atoms with Crippen LogP contribution in [0.1, 0.15) is 23.6 Å². The van der Waals surface area contributed by atoms with Gasteiger partial charge in [-0.25, -0.2) is 9.59 Å². The lowest BCUT2D eigenvalue weighted by molar-refractivity contribution is -0.133. The molecule has 0 fully saturated rings. The van der Waals surface area contributed by atoms with Crippen molar-refractivity contribution in [3.05, 3.63) is 64.4 Å². The summed E-state index contributed by atoms with van der Waals surface area (Å²) in [6.07, 6.45) is 0. The number of carbonyl (C=O) groups excluding carboxylic acids is 2. The maximum absolute atomic E-state index is 12.5. The summed E-state index contributed by atoms with van der Waals surface area (Å²) in [6.45, 7) is 7.29. The molecule has 2 aromatic rings. The second-order valence-electron chi connectivity index (χ2n) is 6.13. The van der Waals surface area contributed by atoms with Gasteiger partial charge in [0.2, 0.25) is 0 Å². The molecule has 0 aromatic heterocycles. The van der Waals surface area contributed by atoms with Crippen LogP contribution in [-0.4, -0.2) is 11.9 Å². The van der Waals surface area contributed by atoms with Crippen LogP contribution in [0.25, 0.3) is 0 Å². The van der Waals surface area contributed by atoms with Crippen LogP contribution >= 0.6 is 0 Å². The molecule has 1 heterocycles. The summed E-state index contributed by atoms with van der Waals surface area (Å²) in [4.78, 5) is 24.7. The van der Waals surface area contributed by atoms with Gasteiger partial charge in [-0.15, -0.1) is 0 Å². The van der Waals surface area contributed by atoms with E-state index in [9.17, 15) is 9.59 Å². The third kappa shape index (κ3) is 3.26. The molecule has 1 N–H and O–H groups in total. The lowest BCUT2D eigenvalue weighted by Crippen LogP contribution is -2.27. The number of rotatable bonds is 2. The number of para-hydroxylation sites is 2. The van der Waals surface area contributed by atoms with Crippen LogP contribution in [0.15, 0.2) is 47.7 Å². The highest BCUT2D eigenvalue weighted by Crippen LogP contribution is 2.31. The molecular formula is C20H19NO4. The fourth-order valence-corrected chi connectivity index (χ4v) is 2.84. The van der Waals surface area contributed by atoms with Crippen molar-refractivity contribution in [1.29, 1.82) is 0 Å². The molecule has 1 aliphatic rings. The molecule has 25 heavy (non-hydrogen) atoms. The van der Waals surface area contributed by atoms with E-state index in [-0.39, 0.29) is 11.3 Å². The predicted octanol–water partition coefficient (Wildman–Crippen LogP) is 3.82. The molecule has 3 rings (SSSR count). The van der Waals surface area contributed by atoms with Crippen LogP contribution in [0, 0.1) is 20.8 Å². The van der Waals surface area contributed by atoms with E-state index in [0.29, 0.717) is 17.2 Å². The topological polar surface area (TPSA) is 64.6 Å². The van der Waals surface area contributed by atoms with Crippen LogP contribution in [0.3, 0.4) is 0 Å². The van der Waals surface area contributed by atoms with Crippen molar-refractivity contribution in [3.63, 3.8) is 0 Å². The Morgan fingerprint density at radius 1 is 1.08 bits per heavy atom. The number of carbonyl (C=O) groups is 2. The molecule has 0 bridgehead atoms. The van der Waals surface area contributed by atoms with Gasteiger partial charge >= 0.3 is 11.9 Å². The Balaban J connectivity index is 1.90. The summed E-state index contributed by atoms with van der Waals surface area (Å²) in [5.74, 6) is -0.248. The quantitative estimate of drug-likeness (QED) is 0.513. The fourth-order valence-electron chi connectivity index (χ4n) is 2.84. The number of fused-ring (bicyclic) bond motifs is 1. The Morgan fingerprint density at radius 2 is 1.72 bits per heavy atom. The van der Waals surface area contributed by atoms with Gasteiger partial charge in [0, 0.05) is 0 Å². The largest absolute Gasteiger partial charge is 0.423 e. The van der Waals surface area contributed by atoms with Crippen molar-refractivity contribution in [2.24, 2.45) is 0 Å². The number of esters is 2. The smallest absolute Gasteiger partial charge is 0.360 e. The first kappa shape index (κ1) is 16.8. The van der Waals surface area contributed by atoms with Gasteiger partial charge < -0.3 is 14.8 Å². The number of ether oxygens (including phenoxy) is 2. The molecule has 0 unspecified atom stereocenters. The zero-order valence-electron chi connectivity index (χ0n) is 14.6. The molecule has 0 radical (unpaired) electrons. The van der Waals surface area contributed by atoms with Gasteiger partial charge in [-0.05, 0) is 51.0 Å². The molecule has 0 saturated carbocycles. The highest BCUT2D eigenvalue weighted by atomic mass is 16.5. The first-order valence-electron chi connectivity index (χ1n) is 7.96. The minimum Gasteiger partial charge on any atom is -0.423 e. The van der Waals surface area contributed by atoms with Gasteiger partial charge in [-0.1, -0.05) is 29.8 Å².